The zero-order valence-corrected chi connectivity index (χ0v) is 11.8. The molecule has 4 heteroatoms. The molecule has 0 saturated heterocycles. The normalized spacial score (nSPS) is 11.3. The molecule has 0 unspecified atom stereocenters. The van der Waals surface area contributed by atoms with E-state index < -0.39 is 0 Å². The molecular weight excluding hydrogens is 284 g/mol. The second-order valence-corrected chi connectivity index (χ2v) is 5.30. The summed E-state index contributed by atoms with van der Waals surface area (Å²) in [4.78, 5) is 4.48. The molecule has 2 N–H and O–H groups in total. The van der Waals surface area contributed by atoms with Crippen molar-refractivity contribution in [2.24, 2.45) is 0 Å². The molecule has 102 valence electrons. The summed E-state index contributed by atoms with van der Waals surface area (Å²) in [5.41, 5.74) is 8.87. The second kappa shape index (κ2) is 4.50. The van der Waals surface area contributed by atoms with Gasteiger partial charge in [0.05, 0.1) is 10.6 Å². The maximum atomic E-state index is 6.15. The highest BCUT2D eigenvalue weighted by molar-refractivity contribution is 6.34. The van der Waals surface area contributed by atoms with Crippen LogP contribution >= 0.6 is 11.6 Å². The number of halogens is 1. The highest BCUT2D eigenvalue weighted by Gasteiger charge is 2.13. The molecule has 1 aromatic heterocycles. The maximum absolute atomic E-state index is 6.15. The SMILES string of the molecule is Nc1cc2ccccc2cc1-c1nc2cccc(Cl)c2o1. The Labute approximate surface area is 126 Å². The van der Waals surface area contributed by atoms with Crippen LogP contribution in [0.1, 0.15) is 0 Å². The first kappa shape index (κ1) is 12.2. The molecule has 21 heavy (non-hydrogen) atoms. The molecule has 0 bridgehead atoms. The van der Waals surface area contributed by atoms with Crippen molar-refractivity contribution in [3.8, 4) is 11.5 Å². The molecular formula is C17H11ClN2O. The quantitative estimate of drug-likeness (QED) is 0.509. The van der Waals surface area contributed by atoms with Crippen molar-refractivity contribution in [2.45, 2.75) is 0 Å². The van der Waals surface area contributed by atoms with E-state index in [1.165, 1.54) is 0 Å². The summed E-state index contributed by atoms with van der Waals surface area (Å²) < 4.78 is 5.79. The number of hydrogen-bond acceptors (Lipinski definition) is 3. The van der Waals surface area contributed by atoms with E-state index in [0.29, 0.717) is 22.2 Å². The van der Waals surface area contributed by atoms with Gasteiger partial charge in [0, 0.05) is 5.69 Å². The van der Waals surface area contributed by atoms with E-state index in [-0.39, 0.29) is 0 Å². The van der Waals surface area contributed by atoms with E-state index in [4.69, 9.17) is 21.8 Å². The number of fused-ring (bicyclic) bond motifs is 2. The minimum atomic E-state index is 0.487. The van der Waals surface area contributed by atoms with E-state index in [1.807, 2.05) is 48.5 Å². The lowest BCUT2D eigenvalue weighted by Crippen LogP contribution is -1.90. The van der Waals surface area contributed by atoms with Crippen molar-refractivity contribution in [2.75, 3.05) is 5.73 Å². The Hall–Kier alpha value is -2.52. The van der Waals surface area contributed by atoms with E-state index in [9.17, 15) is 0 Å². The molecule has 0 saturated carbocycles. The van der Waals surface area contributed by atoms with Crippen LogP contribution in [0, 0.1) is 0 Å². The van der Waals surface area contributed by atoms with Crippen LogP contribution in [0.3, 0.4) is 0 Å². The number of hydrogen-bond donors (Lipinski definition) is 1. The first-order chi connectivity index (χ1) is 10.2. The Bertz CT molecular complexity index is 975. The molecule has 1 heterocycles. The minimum Gasteiger partial charge on any atom is -0.434 e. The highest BCUT2D eigenvalue weighted by Crippen LogP contribution is 2.34. The van der Waals surface area contributed by atoms with Gasteiger partial charge in [0.15, 0.2) is 5.58 Å². The fourth-order valence-electron chi connectivity index (χ4n) is 2.47. The van der Waals surface area contributed by atoms with Crippen LogP contribution < -0.4 is 5.73 Å². The van der Waals surface area contributed by atoms with Gasteiger partial charge in [-0.15, -0.1) is 0 Å². The van der Waals surface area contributed by atoms with Gasteiger partial charge in [0.1, 0.15) is 5.52 Å². The first-order valence-electron chi connectivity index (χ1n) is 6.56. The third-order valence-corrected chi connectivity index (χ3v) is 3.81. The lowest BCUT2D eigenvalue weighted by molar-refractivity contribution is 0.620. The lowest BCUT2D eigenvalue weighted by atomic mass is 10.1. The zero-order chi connectivity index (χ0) is 14.4. The number of oxazole rings is 1. The van der Waals surface area contributed by atoms with Crippen molar-refractivity contribution in [1.82, 2.24) is 4.98 Å². The maximum Gasteiger partial charge on any atom is 0.229 e. The second-order valence-electron chi connectivity index (χ2n) is 4.89. The number of para-hydroxylation sites is 1. The number of nitrogens with zero attached hydrogens (tertiary/aromatic N) is 1. The summed E-state index contributed by atoms with van der Waals surface area (Å²) in [6.45, 7) is 0. The molecule has 0 aliphatic rings. The van der Waals surface area contributed by atoms with Gasteiger partial charge in [-0.05, 0) is 35.0 Å². The van der Waals surface area contributed by atoms with Crippen LogP contribution in [0.25, 0.3) is 33.3 Å². The van der Waals surface area contributed by atoms with Crippen molar-refractivity contribution in [3.63, 3.8) is 0 Å². The van der Waals surface area contributed by atoms with Gasteiger partial charge in [-0.2, -0.15) is 0 Å². The molecule has 4 rings (SSSR count). The molecule has 3 nitrogen and oxygen atoms in total. The van der Waals surface area contributed by atoms with Crippen molar-refractivity contribution in [1.29, 1.82) is 0 Å². The van der Waals surface area contributed by atoms with E-state index in [0.717, 1.165) is 21.9 Å². The molecule has 0 radical (unpaired) electrons. The smallest absolute Gasteiger partial charge is 0.229 e. The summed E-state index contributed by atoms with van der Waals surface area (Å²) in [7, 11) is 0. The molecule has 0 spiro atoms. The van der Waals surface area contributed by atoms with Crippen LogP contribution in [-0.4, -0.2) is 4.98 Å². The molecule has 4 aromatic rings. The molecule has 0 atom stereocenters. The fraction of sp³-hybridized carbons (Fsp3) is 0. The number of anilines is 1. The Morgan fingerprint density at radius 2 is 1.71 bits per heavy atom. The fourth-order valence-corrected chi connectivity index (χ4v) is 2.68. The number of aromatic nitrogens is 1. The standard InChI is InChI=1S/C17H11ClN2O/c18-13-6-3-7-15-16(13)21-17(20-15)12-8-10-4-1-2-5-11(10)9-14(12)19/h1-9H,19H2. The van der Waals surface area contributed by atoms with E-state index >= 15 is 0 Å². The molecule has 0 aliphatic carbocycles. The van der Waals surface area contributed by atoms with Crippen LogP contribution in [0.2, 0.25) is 5.02 Å². The highest BCUT2D eigenvalue weighted by atomic mass is 35.5. The lowest BCUT2D eigenvalue weighted by Gasteiger charge is -2.04. The summed E-state index contributed by atoms with van der Waals surface area (Å²) in [5.74, 6) is 0.487. The van der Waals surface area contributed by atoms with Gasteiger partial charge in [-0.1, -0.05) is 41.9 Å². The van der Waals surface area contributed by atoms with Gasteiger partial charge in [-0.25, -0.2) is 4.98 Å². The Kier molecular flexibility index (Phi) is 2.62. The molecule has 0 aliphatic heterocycles. The molecule has 3 aromatic carbocycles. The van der Waals surface area contributed by atoms with Gasteiger partial charge >= 0.3 is 0 Å². The average Bonchev–Trinajstić information content (AvgIpc) is 2.92. The number of nitrogens with two attached hydrogens (primary N) is 1. The van der Waals surface area contributed by atoms with Crippen molar-refractivity contribution >= 4 is 39.2 Å². The van der Waals surface area contributed by atoms with Crippen molar-refractivity contribution in [3.05, 3.63) is 59.6 Å². The van der Waals surface area contributed by atoms with Crippen LogP contribution in [0.4, 0.5) is 5.69 Å². The number of rotatable bonds is 1. The van der Waals surface area contributed by atoms with Gasteiger partial charge in [0.2, 0.25) is 5.89 Å². The third-order valence-electron chi connectivity index (χ3n) is 3.52. The Morgan fingerprint density at radius 1 is 0.952 bits per heavy atom. The largest absolute Gasteiger partial charge is 0.434 e. The Balaban J connectivity index is 1.99. The third kappa shape index (κ3) is 1.94. The van der Waals surface area contributed by atoms with Gasteiger partial charge < -0.3 is 10.2 Å². The summed E-state index contributed by atoms with van der Waals surface area (Å²) in [6.07, 6.45) is 0. The monoisotopic (exact) mass is 294 g/mol. The number of nitrogen functional groups attached to an aromatic ring is 1. The van der Waals surface area contributed by atoms with Crippen LogP contribution in [0.5, 0.6) is 0 Å². The summed E-state index contributed by atoms with van der Waals surface area (Å²) in [5, 5.41) is 2.73. The molecule has 0 amide bonds. The summed E-state index contributed by atoms with van der Waals surface area (Å²) in [6, 6.07) is 17.5. The summed E-state index contributed by atoms with van der Waals surface area (Å²) >= 11 is 6.13. The van der Waals surface area contributed by atoms with E-state index in [1.54, 1.807) is 6.07 Å². The Morgan fingerprint density at radius 3 is 2.48 bits per heavy atom. The zero-order valence-electron chi connectivity index (χ0n) is 11.0. The average molecular weight is 295 g/mol. The minimum absolute atomic E-state index is 0.487. The van der Waals surface area contributed by atoms with Gasteiger partial charge in [-0.3, -0.25) is 0 Å². The number of benzene rings is 3. The van der Waals surface area contributed by atoms with E-state index in [2.05, 4.69) is 4.98 Å². The van der Waals surface area contributed by atoms with Crippen molar-refractivity contribution < 1.29 is 4.42 Å². The first-order valence-corrected chi connectivity index (χ1v) is 6.94. The predicted molar refractivity (Wildman–Crippen MR) is 86.4 cm³/mol. The van der Waals surface area contributed by atoms with Crippen LogP contribution in [-0.2, 0) is 0 Å². The van der Waals surface area contributed by atoms with Crippen LogP contribution in [0.15, 0.2) is 59.0 Å². The van der Waals surface area contributed by atoms with Gasteiger partial charge in [0.25, 0.3) is 0 Å². The predicted octanol–water partition coefficient (Wildman–Crippen LogP) is 4.88. The topological polar surface area (TPSA) is 52.0 Å². The molecule has 0 fully saturated rings.